The fourth-order valence-electron chi connectivity index (χ4n) is 3.48. The minimum atomic E-state index is -0.829. The van der Waals surface area contributed by atoms with Crippen LogP contribution in [0.5, 0.6) is 5.75 Å². The zero-order chi connectivity index (χ0) is 21.1. The Labute approximate surface area is 177 Å². The summed E-state index contributed by atoms with van der Waals surface area (Å²) in [6, 6.07) is 16.9. The molecule has 1 atom stereocenters. The molecule has 2 aromatic heterocycles. The molecule has 0 saturated carbocycles. The van der Waals surface area contributed by atoms with Crippen molar-refractivity contribution in [3.05, 3.63) is 94.7 Å². The molecule has 4 aromatic rings. The molecule has 5 nitrogen and oxygen atoms in total. The second-order valence-corrected chi connectivity index (χ2v) is 7.19. The van der Waals surface area contributed by atoms with Crippen LogP contribution in [-0.2, 0) is 0 Å². The Hall–Kier alpha value is -3.38. The summed E-state index contributed by atoms with van der Waals surface area (Å²) in [6.07, 6.45) is 3.24. The first-order valence-electron chi connectivity index (χ1n) is 9.36. The zero-order valence-corrected chi connectivity index (χ0v) is 16.9. The summed E-state index contributed by atoms with van der Waals surface area (Å²) in [6.45, 7) is 0.251. The highest BCUT2D eigenvalue weighted by atomic mass is 35.5. The zero-order valence-electron chi connectivity index (χ0n) is 16.2. The molecule has 0 aliphatic heterocycles. The van der Waals surface area contributed by atoms with Crippen molar-refractivity contribution >= 4 is 28.4 Å². The molecule has 4 rings (SSSR count). The molecular formula is C23H19ClFN3O2. The van der Waals surface area contributed by atoms with E-state index in [0.717, 1.165) is 27.8 Å². The number of para-hydroxylation sites is 1. The fraction of sp³-hybridized carbons (Fsp3) is 0.130. The average molecular weight is 424 g/mol. The Morgan fingerprint density at radius 3 is 2.73 bits per heavy atom. The van der Waals surface area contributed by atoms with Crippen molar-refractivity contribution in [3.8, 4) is 5.75 Å². The number of pyridine rings is 1. The van der Waals surface area contributed by atoms with Gasteiger partial charge in [-0.3, -0.25) is 4.79 Å². The highest BCUT2D eigenvalue weighted by Crippen LogP contribution is 2.31. The van der Waals surface area contributed by atoms with Crippen LogP contribution in [0.1, 0.15) is 27.5 Å². The molecule has 0 radical (unpaired) electrons. The summed E-state index contributed by atoms with van der Waals surface area (Å²) < 4.78 is 19.4. The summed E-state index contributed by atoms with van der Waals surface area (Å²) in [5, 5.41) is 3.72. The number of aromatic nitrogens is 2. The Balaban J connectivity index is 1.66. The summed E-state index contributed by atoms with van der Waals surface area (Å²) in [5.41, 5.74) is 2.69. The monoisotopic (exact) mass is 423 g/mol. The lowest BCUT2D eigenvalue weighted by atomic mass is 9.90. The van der Waals surface area contributed by atoms with Crippen LogP contribution in [0.15, 0.2) is 67.0 Å². The molecule has 1 unspecified atom stereocenters. The van der Waals surface area contributed by atoms with Gasteiger partial charge in [-0.15, -0.1) is 0 Å². The number of H-pyrrole nitrogens is 1. The lowest BCUT2D eigenvalue weighted by molar-refractivity contribution is 0.0943. The van der Waals surface area contributed by atoms with Gasteiger partial charge in [0.2, 0.25) is 0 Å². The normalized spacial score (nSPS) is 12.0. The summed E-state index contributed by atoms with van der Waals surface area (Å²) in [5.74, 6) is -0.873. The van der Waals surface area contributed by atoms with Crippen LogP contribution in [0.25, 0.3) is 10.9 Å². The maximum Gasteiger partial charge on any atom is 0.273 e. The summed E-state index contributed by atoms with van der Waals surface area (Å²) >= 11 is 5.78. The van der Waals surface area contributed by atoms with Crippen molar-refractivity contribution in [3.63, 3.8) is 0 Å². The van der Waals surface area contributed by atoms with Gasteiger partial charge in [0, 0.05) is 35.8 Å². The van der Waals surface area contributed by atoms with E-state index in [9.17, 15) is 9.18 Å². The third-order valence-corrected chi connectivity index (χ3v) is 5.33. The number of benzene rings is 2. The van der Waals surface area contributed by atoms with Gasteiger partial charge in [0.25, 0.3) is 5.91 Å². The van der Waals surface area contributed by atoms with Crippen molar-refractivity contribution in [2.75, 3.05) is 13.7 Å². The Kier molecular flexibility index (Phi) is 5.68. The quantitative estimate of drug-likeness (QED) is 0.462. The van der Waals surface area contributed by atoms with E-state index in [1.54, 1.807) is 7.11 Å². The van der Waals surface area contributed by atoms with Crippen molar-refractivity contribution < 1.29 is 13.9 Å². The molecule has 7 heteroatoms. The molecule has 0 bridgehead atoms. The maximum atomic E-state index is 14.2. The molecular weight excluding hydrogens is 405 g/mol. The number of hydrogen-bond donors (Lipinski definition) is 2. The molecule has 1 amide bonds. The second kappa shape index (κ2) is 8.55. The SMILES string of the molecule is COc1ccc(C(CNC(=O)c2nccc(Cl)c2F)c2c[nH]c3ccccc23)cc1. The standard InChI is InChI=1S/C23H19ClFN3O2/c1-30-15-8-6-14(7-9-15)17(18-13-27-20-5-3-2-4-16(18)20)12-28-23(29)22-21(25)19(24)10-11-26-22/h2-11,13,17,27H,12H2,1H3,(H,28,29). The first-order chi connectivity index (χ1) is 14.6. The number of carbonyl (C=O) groups is 1. The molecule has 2 heterocycles. The van der Waals surface area contributed by atoms with Crippen LogP contribution in [0, 0.1) is 5.82 Å². The highest BCUT2D eigenvalue weighted by Gasteiger charge is 2.22. The maximum absolute atomic E-state index is 14.2. The number of carbonyl (C=O) groups excluding carboxylic acids is 1. The molecule has 0 saturated heterocycles. The van der Waals surface area contributed by atoms with Crippen LogP contribution in [-0.4, -0.2) is 29.5 Å². The van der Waals surface area contributed by atoms with E-state index in [2.05, 4.69) is 15.3 Å². The first kappa shape index (κ1) is 19.9. The molecule has 0 aliphatic rings. The van der Waals surface area contributed by atoms with Crippen LogP contribution >= 0.6 is 11.6 Å². The van der Waals surface area contributed by atoms with Gasteiger partial charge < -0.3 is 15.0 Å². The molecule has 2 N–H and O–H groups in total. The fourth-order valence-corrected chi connectivity index (χ4v) is 3.63. The molecule has 152 valence electrons. The van der Waals surface area contributed by atoms with Crippen LogP contribution in [0.2, 0.25) is 5.02 Å². The number of ether oxygens (including phenoxy) is 1. The van der Waals surface area contributed by atoms with Gasteiger partial charge in [0.15, 0.2) is 11.5 Å². The van der Waals surface area contributed by atoms with Crippen molar-refractivity contribution in [1.82, 2.24) is 15.3 Å². The van der Waals surface area contributed by atoms with Crippen LogP contribution in [0.3, 0.4) is 0 Å². The minimum Gasteiger partial charge on any atom is -0.497 e. The number of halogens is 2. The van der Waals surface area contributed by atoms with Gasteiger partial charge in [0.1, 0.15) is 5.75 Å². The highest BCUT2D eigenvalue weighted by molar-refractivity contribution is 6.31. The average Bonchev–Trinajstić information content (AvgIpc) is 3.20. The second-order valence-electron chi connectivity index (χ2n) is 6.78. The number of amides is 1. The van der Waals surface area contributed by atoms with Crippen molar-refractivity contribution in [1.29, 1.82) is 0 Å². The largest absolute Gasteiger partial charge is 0.497 e. The van der Waals surface area contributed by atoms with E-state index in [4.69, 9.17) is 16.3 Å². The molecule has 0 aliphatic carbocycles. The van der Waals surface area contributed by atoms with E-state index in [-0.39, 0.29) is 23.2 Å². The molecule has 0 spiro atoms. The predicted octanol–water partition coefficient (Wildman–Crippen LogP) is 4.93. The summed E-state index contributed by atoms with van der Waals surface area (Å²) in [4.78, 5) is 19.7. The lowest BCUT2D eigenvalue weighted by Crippen LogP contribution is -2.30. The van der Waals surface area contributed by atoms with Gasteiger partial charge in [-0.25, -0.2) is 9.37 Å². The first-order valence-corrected chi connectivity index (χ1v) is 9.74. The molecule has 30 heavy (non-hydrogen) atoms. The van der Waals surface area contributed by atoms with Gasteiger partial charge in [-0.1, -0.05) is 41.9 Å². The Morgan fingerprint density at radius 1 is 1.20 bits per heavy atom. The van der Waals surface area contributed by atoms with Crippen LogP contribution in [0.4, 0.5) is 4.39 Å². The number of methoxy groups -OCH3 is 1. The number of rotatable bonds is 6. The van der Waals surface area contributed by atoms with Crippen molar-refractivity contribution in [2.45, 2.75) is 5.92 Å². The third kappa shape index (κ3) is 3.86. The number of hydrogen-bond acceptors (Lipinski definition) is 3. The Morgan fingerprint density at radius 2 is 1.97 bits per heavy atom. The molecule has 0 fully saturated rings. The number of nitrogens with zero attached hydrogens (tertiary/aromatic N) is 1. The molecule has 2 aromatic carbocycles. The minimum absolute atomic E-state index is 0.140. The smallest absolute Gasteiger partial charge is 0.273 e. The van der Waals surface area contributed by atoms with E-state index in [1.807, 2.05) is 54.7 Å². The van der Waals surface area contributed by atoms with E-state index < -0.39 is 11.7 Å². The number of nitrogens with one attached hydrogen (secondary N) is 2. The van der Waals surface area contributed by atoms with E-state index in [0.29, 0.717) is 0 Å². The number of fused-ring (bicyclic) bond motifs is 1. The van der Waals surface area contributed by atoms with Crippen molar-refractivity contribution in [2.24, 2.45) is 0 Å². The van der Waals surface area contributed by atoms with Gasteiger partial charge in [-0.05, 0) is 35.4 Å². The summed E-state index contributed by atoms with van der Waals surface area (Å²) in [7, 11) is 1.61. The number of aromatic amines is 1. The van der Waals surface area contributed by atoms with Crippen LogP contribution < -0.4 is 10.1 Å². The third-order valence-electron chi connectivity index (χ3n) is 5.04. The topological polar surface area (TPSA) is 67.0 Å². The van der Waals surface area contributed by atoms with Gasteiger partial charge in [-0.2, -0.15) is 0 Å². The predicted molar refractivity (Wildman–Crippen MR) is 115 cm³/mol. The van der Waals surface area contributed by atoms with E-state index in [1.165, 1.54) is 12.3 Å². The van der Waals surface area contributed by atoms with E-state index >= 15 is 0 Å². The lowest BCUT2D eigenvalue weighted by Gasteiger charge is -2.18. The Bertz CT molecular complexity index is 1190. The van der Waals surface area contributed by atoms with Gasteiger partial charge >= 0.3 is 0 Å². The van der Waals surface area contributed by atoms with Gasteiger partial charge in [0.05, 0.1) is 12.1 Å².